The summed E-state index contributed by atoms with van der Waals surface area (Å²) in [5.74, 6) is -1.27. The quantitative estimate of drug-likeness (QED) is 0.583. The van der Waals surface area contributed by atoms with Crippen molar-refractivity contribution in [2.45, 2.75) is 6.42 Å². The van der Waals surface area contributed by atoms with Crippen LogP contribution in [0.4, 0.5) is 0 Å². The van der Waals surface area contributed by atoms with Crippen LogP contribution in [-0.4, -0.2) is 24.8 Å². The zero-order valence-corrected chi connectivity index (χ0v) is 6.04. The maximum Gasteiger partial charge on any atom is 0.309 e. The number of aliphatic carboxylic acids is 1. The zero-order chi connectivity index (χ0) is 7.98. The van der Waals surface area contributed by atoms with Gasteiger partial charge in [0.15, 0.2) is 0 Å². The smallest absolute Gasteiger partial charge is 0.309 e. The molecule has 1 N–H and O–H groups in total. The minimum atomic E-state index is -0.832. The molecule has 3 heteroatoms. The third kappa shape index (κ3) is 3.25. The van der Waals surface area contributed by atoms with Gasteiger partial charge in [-0.05, 0) is 6.42 Å². The first-order chi connectivity index (χ1) is 4.72. The highest BCUT2D eigenvalue weighted by Gasteiger charge is 2.14. The summed E-state index contributed by atoms with van der Waals surface area (Å²) >= 11 is 0. The van der Waals surface area contributed by atoms with Crippen LogP contribution in [0.1, 0.15) is 6.42 Å². The van der Waals surface area contributed by atoms with Crippen molar-refractivity contribution in [2.75, 3.05) is 13.7 Å². The Balaban J connectivity index is 3.71. The molecular weight excluding hydrogens is 132 g/mol. The Morgan fingerprint density at radius 1 is 1.90 bits per heavy atom. The van der Waals surface area contributed by atoms with Crippen LogP contribution in [0, 0.1) is 5.92 Å². The number of ether oxygens (including phenoxy) is 1. The van der Waals surface area contributed by atoms with Crippen LogP contribution in [0.5, 0.6) is 0 Å². The summed E-state index contributed by atoms with van der Waals surface area (Å²) < 4.78 is 4.69. The lowest BCUT2D eigenvalue weighted by Crippen LogP contribution is -2.17. The summed E-state index contributed by atoms with van der Waals surface area (Å²) in [4.78, 5) is 10.4. The molecule has 0 bridgehead atoms. The maximum atomic E-state index is 10.4. The molecule has 0 fully saturated rings. The molecule has 3 nitrogen and oxygen atoms in total. The molecule has 0 heterocycles. The Labute approximate surface area is 60.3 Å². The summed E-state index contributed by atoms with van der Waals surface area (Å²) in [5.41, 5.74) is 0. The van der Waals surface area contributed by atoms with Gasteiger partial charge in [0.25, 0.3) is 0 Å². The minimum Gasteiger partial charge on any atom is -0.481 e. The van der Waals surface area contributed by atoms with Gasteiger partial charge < -0.3 is 9.84 Å². The van der Waals surface area contributed by atoms with Crippen molar-refractivity contribution < 1.29 is 14.6 Å². The zero-order valence-electron chi connectivity index (χ0n) is 6.04. The monoisotopic (exact) mass is 144 g/mol. The standard InChI is InChI=1S/C7H12O3/c1-3-4-6(5-10-2)7(8)9/h3,6H,1,4-5H2,2H3,(H,8,9). The molecule has 0 spiro atoms. The summed E-state index contributed by atoms with van der Waals surface area (Å²) in [5, 5.41) is 8.51. The molecule has 0 aromatic heterocycles. The van der Waals surface area contributed by atoms with Crippen molar-refractivity contribution in [1.29, 1.82) is 0 Å². The number of carboxylic acids is 1. The summed E-state index contributed by atoms with van der Waals surface area (Å²) in [7, 11) is 1.49. The second-order valence-corrected chi connectivity index (χ2v) is 2.01. The van der Waals surface area contributed by atoms with E-state index in [1.807, 2.05) is 0 Å². The van der Waals surface area contributed by atoms with Gasteiger partial charge in [-0.1, -0.05) is 6.08 Å². The molecule has 0 rings (SSSR count). The van der Waals surface area contributed by atoms with E-state index in [-0.39, 0.29) is 6.61 Å². The molecule has 10 heavy (non-hydrogen) atoms. The number of carbonyl (C=O) groups is 1. The Morgan fingerprint density at radius 3 is 2.80 bits per heavy atom. The Kier molecular flexibility index (Phi) is 4.58. The summed E-state index contributed by atoms with van der Waals surface area (Å²) in [6, 6.07) is 0. The second-order valence-electron chi connectivity index (χ2n) is 2.01. The lowest BCUT2D eigenvalue weighted by Gasteiger charge is -2.06. The number of hydrogen-bond donors (Lipinski definition) is 1. The topological polar surface area (TPSA) is 46.5 Å². The van der Waals surface area contributed by atoms with Gasteiger partial charge in [0.2, 0.25) is 0 Å². The third-order valence-electron chi connectivity index (χ3n) is 1.17. The fourth-order valence-electron chi connectivity index (χ4n) is 0.643. The predicted octanol–water partition coefficient (Wildman–Crippen LogP) is 0.910. The van der Waals surface area contributed by atoms with Gasteiger partial charge in [0, 0.05) is 7.11 Å². The van der Waals surface area contributed by atoms with E-state index in [0.29, 0.717) is 6.42 Å². The molecule has 58 valence electrons. The van der Waals surface area contributed by atoms with E-state index in [1.54, 1.807) is 6.08 Å². The van der Waals surface area contributed by atoms with Gasteiger partial charge in [0.05, 0.1) is 12.5 Å². The first kappa shape index (κ1) is 9.17. The Bertz CT molecular complexity index is 120. The molecule has 0 aliphatic heterocycles. The first-order valence-electron chi connectivity index (χ1n) is 3.05. The molecule has 0 radical (unpaired) electrons. The van der Waals surface area contributed by atoms with Crippen molar-refractivity contribution in [3.05, 3.63) is 12.7 Å². The van der Waals surface area contributed by atoms with Crippen LogP contribution >= 0.6 is 0 Å². The average Bonchev–Trinajstić information content (AvgIpc) is 1.87. The maximum absolute atomic E-state index is 10.4. The number of allylic oxidation sites excluding steroid dienone is 1. The van der Waals surface area contributed by atoms with E-state index in [0.717, 1.165) is 0 Å². The fourth-order valence-corrected chi connectivity index (χ4v) is 0.643. The van der Waals surface area contributed by atoms with Crippen molar-refractivity contribution in [3.8, 4) is 0 Å². The third-order valence-corrected chi connectivity index (χ3v) is 1.17. The molecule has 0 aromatic rings. The highest BCUT2D eigenvalue weighted by atomic mass is 16.5. The lowest BCUT2D eigenvalue weighted by molar-refractivity contribution is -0.143. The normalized spacial score (nSPS) is 12.5. The number of methoxy groups -OCH3 is 1. The van der Waals surface area contributed by atoms with Crippen molar-refractivity contribution in [2.24, 2.45) is 5.92 Å². The molecule has 0 aliphatic rings. The highest BCUT2D eigenvalue weighted by molar-refractivity contribution is 5.70. The van der Waals surface area contributed by atoms with Gasteiger partial charge in [-0.25, -0.2) is 0 Å². The van der Waals surface area contributed by atoms with Gasteiger partial charge in [-0.3, -0.25) is 4.79 Å². The number of carboxylic acid groups (broad SMARTS) is 1. The van der Waals surface area contributed by atoms with E-state index in [1.165, 1.54) is 7.11 Å². The molecule has 0 amide bonds. The van der Waals surface area contributed by atoms with Gasteiger partial charge >= 0.3 is 5.97 Å². The molecule has 1 unspecified atom stereocenters. The fraction of sp³-hybridized carbons (Fsp3) is 0.571. The van der Waals surface area contributed by atoms with E-state index in [9.17, 15) is 4.79 Å². The molecular formula is C7H12O3. The average molecular weight is 144 g/mol. The second kappa shape index (κ2) is 4.99. The largest absolute Gasteiger partial charge is 0.481 e. The van der Waals surface area contributed by atoms with Crippen molar-refractivity contribution in [3.63, 3.8) is 0 Å². The van der Waals surface area contributed by atoms with Gasteiger partial charge in [0.1, 0.15) is 0 Å². The summed E-state index contributed by atoms with van der Waals surface area (Å²) in [6.45, 7) is 3.70. The van der Waals surface area contributed by atoms with Crippen LogP contribution in [-0.2, 0) is 9.53 Å². The van der Waals surface area contributed by atoms with Crippen LogP contribution in [0.15, 0.2) is 12.7 Å². The van der Waals surface area contributed by atoms with Crippen molar-refractivity contribution >= 4 is 5.97 Å². The van der Waals surface area contributed by atoms with E-state index in [2.05, 4.69) is 11.3 Å². The van der Waals surface area contributed by atoms with Crippen molar-refractivity contribution in [1.82, 2.24) is 0 Å². The molecule has 0 saturated carbocycles. The molecule has 0 aliphatic carbocycles. The summed E-state index contributed by atoms with van der Waals surface area (Å²) in [6.07, 6.45) is 2.04. The van der Waals surface area contributed by atoms with Crippen LogP contribution < -0.4 is 0 Å². The predicted molar refractivity (Wildman–Crippen MR) is 37.8 cm³/mol. The van der Waals surface area contributed by atoms with Crippen LogP contribution in [0.3, 0.4) is 0 Å². The van der Waals surface area contributed by atoms with Crippen LogP contribution in [0.25, 0.3) is 0 Å². The van der Waals surface area contributed by atoms with E-state index < -0.39 is 11.9 Å². The van der Waals surface area contributed by atoms with E-state index in [4.69, 9.17) is 5.11 Å². The lowest BCUT2D eigenvalue weighted by atomic mass is 10.1. The SMILES string of the molecule is C=CCC(COC)C(=O)O. The molecule has 0 aromatic carbocycles. The van der Waals surface area contributed by atoms with E-state index >= 15 is 0 Å². The Morgan fingerprint density at radius 2 is 2.50 bits per heavy atom. The Hall–Kier alpha value is -0.830. The molecule has 1 atom stereocenters. The number of hydrogen-bond acceptors (Lipinski definition) is 2. The minimum absolute atomic E-state index is 0.251. The molecule has 0 saturated heterocycles. The highest BCUT2D eigenvalue weighted by Crippen LogP contribution is 2.03. The number of rotatable bonds is 5. The first-order valence-corrected chi connectivity index (χ1v) is 3.05. The van der Waals surface area contributed by atoms with Gasteiger partial charge in [-0.2, -0.15) is 0 Å². The van der Waals surface area contributed by atoms with Crippen LogP contribution in [0.2, 0.25) is 0 Å². The van der Waals surface area contributed by atoms with Gasteiger partial charge in [-0.15, -0.1) is 6.58 Å².